The third-order valence-electron chi connectivity index (χ3n) is 5.15. The zero-order valence-corrected chi connectivity index (χ0v) is 17.1. The molecule has 3 nitrogen and oxygen atoms in total. The topological polar surface area (TPSA) is 29.3 Å². The number of benzene rings is 3. The highest BCUT2D eigenvalue weighted by Crippen LogP contribution is 2.33. The van der Waals surface area contributed by atoms with E-state index in [1.165, 1.54) is 17.7 Å². The van der Waals surface area contributed by atoms with Crippen molar-refractivity contribution in [1.29, 1.82) is 0 Å². The fourth-order valence-electron chi connectivity index (χ4n) is 3.48. The van der Waals surface area contributed by atoms with Crippen molar-refractivity contribution in [3.63, 3.8) is 0 Å². The van der Waals surface area contributed by atoms with Gasteiger partial charge in [-0.2, -0.15) is 0 Å². The van der Waals surface area contributed by atoms with Crippen molar-refractivity contribution in [2.75, 3.05) is 6.54 Å². The Hall–Kier alpha value is -3.81. The summed E-state index contributed by atoms with van der Waals surface area (Å²) in [6.07, 6.45) is 2.48. The zero-order valence-electron chi connectivity index (χ0n) is 17.1. The van der Waals surface area contributed by atoms with E-state index >= 15 is 0 Å². The van der Waals surface area contributed by atoms with Crippen molar-refractivity contribution >= 4 is 5.69 Å². The summed E-state index contributed by atoms with van der Waals surface area (Å²) < 4.78 is 13.0. The largest absolute Gasteiger partial charge is 0.312 e. The van der Waals surface area contributed by atoms with Crippen LogP contribution < -0.4 is 5.32 Å². The maximum Gasteiger partial charge on any atom is 0.205 e. The number of halogens is 1. The minimum Gasteiger partial charge on any atom is -0.312 e. The van der Waals surface area contributed by atoms with Gasteiger partial charge >= 0.3 is 0 Å². The molecule has 4 heteroatoms. The lowest BCUT2D eigenvalue weighted by molar-refractivity contribution is 0.626. The second-order valence-corrected chi connectivity index (χ2v) is 7.32. The Morgan fingerprint density at radius 2 is 1.55 bits per heavy atom. The number of rotatable bonds is 7. The van der Waals surface area contributed by atoms with Gasteiger partial charge in [0.1, 0.15) is 5.82 Å². The van der Waals surface area contributed by atoms with Crippen LogP contribution in [0.3, 0.4) is 0 Å². The molecular formula is C27H22FN3. The molecule has 0 spiro atoms. The van der Waals surface area contributed by atoms with E-state index in [-0.39, 0.29) is 5.82 Å². The van der Waals surface area contributed by atoms with Crippen LogP contribution in [-0.4, -0.2) is 11.5 Å². The minimum absolute atomic E-state index is 0.203. The van der Waals surface area contributed by atoms with Gasteiger partial charge in [-0.25, -0.2) is 9.24 Å². The number of pyridine rings is 1. The van der Waals surface area contributed by atoms with Crippen LogP contribution in [0.1, 0.15) is 11.1 Å². The van der Waals surface area contributed by atoms with Crippen molar-refractivity contribution < 1.29 is 4.39 Å². The minimum atomic E-state index is -0.203. The van der Waals surface area contributed by atoms with Crippen molar-refractivity contribution in [3.8, 4) is 22.4 Å². The van der Waals surface area contributed by atoms with E-state index < -0.39 is 0 Å². The van der Waals surface area contributed by atoms with E-state index in [0.717, 1.165) is 47.5 Å². The lowest BCUT2D eigenvalue weighted by Crippen LogP contribution is -2.16. The van der Waals surface area contributed by atoms with Gasteiger partial charge in [0.15, 0.2) is 0 Å². The Bertz CT molecular complexity index is 1180. The predicted molar refractivity (Wildman–Crippen MR) is 123 cm³/mol. The first kappa shape index (κ1) is 20.5. The van der Waals surface area contributed by atoms with Crippen LogP contribution >= 0.6 is 0 Å². The first-order valence-corrected chi connectivity index (χ1v) is 10.2. The fourth-order valence-corrected chi connectivity index (χ4v) is 3.48. The summed E-state index contributed by atoms with van der Waals surface area (Å²) in [4.78, 5) is 8.12. The summed E-state index contributed by atoms with van der Waals surface area (Å²) >= 11 is 0. The quantitative estimate of drug-likeness (QED) is 0.282. The molecule has 0 atom stereocenters. The molecule has 3 aromatic carbocycles. The molecule has 4 aromatic rings. The van der Waals surface area contributed by atoms with Crippen LogP contribution in [0, 0.1) is 12.4 Å². The van der Waals surface area contributed by atoms with Crippen LogP contribution in [0.25, 0.3) is 27.2 Å². The van der Waals surface area contributed by atoms with E-state index in [9.17, 15) is 4.39 Å². The summed E-state index contributed by atoms with van der Waals surface area (Å²) in [5.41, 5.74) is 6.72. The Kier molecular flexibility index (Phi) is 6.47. The molecule has 0 amide bonds. The standard InChI is InChI=1S/C27H22FN3/c1-29-25-17-26(22-5-3-2-4-6-22)27(31-19-25)23-11-7-21(8-12-23)18-30-16-15-20-9-13-24(28)14-10-20/h2-14,17,19,30H,15-16,18H2. The molecule has 152 valence electrons. The molecule has 31 heavy (non-hydrogen) atoms. The van der Waals surface area contributed by atoms with E-state index in [1.807, 2.05) is 48.5 Å². The molecule has 0 bridgehead atoms. The first-order valence-electron chi connectivity index (χ1n) is 10.2. The molecule has 4 rings (SSSR count). The van der Waals surface area contributed by atoms with Crippen LogP contribution in [0.2, 0.25) is 0 Å². The highest BCUT2D eigenvalue weighted by atomic mass is 19.1. The SMILES string of the molecule is [C-]#[N+]c1cnc(-c2ccc(CNCCc3ccc(F)cc3)cc2)c(-c2ccccc2)c1. The van der Waals surface area contributed by atoms with Crippen LogP contribution in [-0.2, 0) is 13.0 Å². The summed E-state index contributed by atoms with van der Waals surface area (Å²) in [6.45, 7) is 8.90. The molecule has 1 heterocycles. The highest BCUT2D eigenvalue weighted by molar-refractivity contribution is 5.82. The zero-order chi connectivity index (χ0) is 21.5. The summed E-state index contributed by atoms with van der Waals surface area (Å²) in [7, 11) is 0. The van der Waals surface area contributed by atoms with Gasteiger partial charge in [-0.05, 0) is 53.4 Å². The van der Waals surface area contributed by atoms with Crippen LogP contribution in [0.15, 0.2) is 91.1 Å². The summed E-state index contributed by atoms with van der Waals surface area (Å²) in [5.74, 6) is -0.203. The van der Waals surface area contributed by atoms with Gasteiger partial charge in [-0.3, -0.25) is 4.98 Å². The molecular weight excluding hydrogens is 385 g/mol. The average molecular weight is 407 g/mol. The third kappa shape index (κ3) is 5.22. The van der Waals surface area contributed by atoms with Crippen LogP contribution in [0.4, 0.5) is 10.1 Å². The molecule has 0 aliphatic heterocycles. The first-order chi connectivity index (χ1) is 15.2. The predicted octanol–water partition coefficient (Wildman–Crippen LogP) is 6.44. The molecule has 1 N–H and O–H groups in total. The lowest BCUT2D eigenvalue weighted by atomic mass is 9.98. The fraction of sp³-hybridized carbons (Fsp3) is 0.111. The van der Waals surface area contributed by atoms with Crippen molar-refractivity contribution in [2.24, 2.45) is 0 Å². The van der Waals surface area contributed by atoms with Crippen molar-refractivity contribution in [2.45, 2.75) is 13.0 Å². The second kappa shape index (κ2) is 9.80. The molecule has 1 aromatic heterocycles. The Balaban J connectivity index is 1.44. The normalized spacial score (nSPS) is 10.6. The molecule has 0 saturated heterocycles. The number of nitrogens with zero attached hydrogens (tertiary/aromatic N) is 2. The monoisotopic (exact) mass is 407 g/mol. The third-order valence-corrected chi connectivity index (χ3v) is 5.15. The maximum atomic E-state index is 13.0. The van der Waals surface area contributed by atoms with Gasteiger partial charge < -0.3 is 5.32 Å². The Morgan fingerprint density at radius 3 is 2.26 bits per heavy atom. The molecule has 0 saturated carbocycles. The van der Waals surface area contributed by atoms with Crippen molar-refractivity contribution in [1.82, 2.24) is 10.3 Å². The van der Waals surface area contributed by atoms with Gasteiger partial charge in [0.05, 0.1) is 12.3 Å². The average Bonchev–Trinajstić information content (AvgIpc) is 2.83. The van der Waals surface area contributed by atoms with Gasteiger partial charge in [-0.1, -0.05) is 66.7 Å². The second-order valence-electron chi connectivity index (χ2n) is 7.32. The highest BCUT2D eigenvalue weighted by Gasteiger charge is 2.10. The number of aromatic nitrogens is 1. The molecule has 0 aliphatic rings. The van der Waals surface area contributed by atoms with Gasteiger partial charge in [0.25, 0.3) is 0 Å². The number of nitrogens with one attached hydrogen (secondary N) is 1. The Labute approximate surface area is 182 Å². The lowest BCUT2D eigenvalue weighted by Gasteiger charge is -2.11. The number of hydrogen-bond donors (Lipinski definition) is 1. The van der Waals surface area contributed by atoms with Gasteiger partial charge in [-0.15, -0.1) is 0 Å². The molecule has 0 radical (unpaired) electrons. The van der Waals surface area contributed by atoms with Gasteiger partial charge in [0, 0.05) is 18.3 Å². The molecule has 0 unspecified atom stereocenters. The summed E-state index contributed by atoms with van der Waals surface area (Å²) in [6, 6.07) is 26.9. The Morgan fingerprint density at radius 1 is 0.839 bits per heavy atom. The smallest absolute Gasteiger partial charge is 0.205 e. The van der Waals surface area contributed by atoms with Crippen LogP contribution in [0.5, 0.6) is 0 Å². The van der Waals surface area contributed by atoms with Gasteiger partial charge in [0.2, 0.25) is 5.69 Å². The van der Waals surface area contributed by atoms with Crippen molar-refractivity contribution in [3.05, 3.63) is 119 Å². The molecule has 0 fully saturated rings. The maximum absolute atomic E-state index is 13.0. The van der Waals surface area contributed by atoms with E-state index in [1.54, 1.807) is 6.20 Å². The van der Waals surface area contributed by atoms with E-state index in [4.69, 9.17) is 6.57 Å². The number of hydrogen-bond acceptors (Lipinski definition) is 2. The molecule has 0 aliphatic carbocycles. The van der Waals surface area contributed by atoms with E-state index in [2.05, 4.69) is 39.4 Å². The summed E-state index contributed by atoms with van der Waals surface area (Å²) in [5, 5.41) is 3.43. The van der Waals surface area contributed by atoms with E-state index in [0.29, 0.717) is 5.69 Å².